The average molecular weight is 183 g/mol. The molecular formula is C10H11F2N. The molecule has 1 atom stereocenters. The number of benzene rings is 1. The summed E-state index contributed by atoms with van der Waals surface area (Å²) < 4.78 is 26.1. The smallest absolute Gasteiger partial charge is 0.130 e. The molecule has 13 heavy (non-hydrogen) atoms. The lowest BCUT2D eigenvalue weighted by atomic mass is 10.0. The summed E-state index contributed by atoms with van der Waals surface area (Å²) in [5, 5.41) is 0. The van der Waals surface area contributed by atoms with Gasteiger partial charge in [-0.25, -0.2) is 8.78 Å². The lowest BCUT2D eigenvalue weighted by Gasteiger charge is -2.11. The Morgan fingerprint density at radius 2 is 1.92 bits per heavy atom. The maximum atomic E-state index is 13.1. The first-order chi connectivity index (χ1) is 6.16. The summed E-state index contributed by atoms with van der Waals surface area (Å²) in [4.78, 5) is 0. The predicted octanol–water partition coefficient (Wildman–Crippen LogP) is 2.54. The first kappa shape index (κ1) is 9.86. The molecule has 1 rings (SSSR count). The zero-order valence-corrected chi connectivity index (χ0v) is 7.13. The molecule has 0 spiro atoms. The third kappa shape index (κ3) is 2.12. The highest BCUT2D eigenvalue weighted by Crippen LogP contribution is 2.21. The molecule has 0 aromatic heterocycles. The second kappa shape index (κ2) is 4.14. The Morgan fingerprint density at radius 1 is 1.38 bits per heavy atom. The van der Waals surface area contributed by atoms with Crippen LogP contribution in [-0.2, 0) is 0 Å². The number of nitrogens with two attached hydrogens (primary N) is 1. The van der Waals surface area contributed by atoms with Gasteiger partial charge < -0.3 is 5.73 Å². The van der Waals surface area contributed by atoms with Gasteiger partial charge in [0, 0.05) is 11.6 Å². The monoisotopic (exact) mass is 183 g/mol. The van der Waals surface area contributed by atoms with E-state index in [1.54, 1.807) is 0 Å². The van der Waals surface area contributed by atoms with E-state index in [1.807, 2.05) is 0 Å². The van der Waals surface area contributed by atoms with Crippen LogP contribution in [0.25, 0.3) is 0 Å². The van der Waals surface area contributed by atoms with Crippen LogP contribution >= 0.6 is 0 Å². The van der Waals surface area contributed by atoms with Crippen LogP contribution in [0.2, 0.25) is 0 Å². The van der Waals surface area contributed by atoms with Gasteiger partial charge in [-0.2, -0.15) is 0 Å². The van der Waals surface area contributed by atoms with E-state index in [2.05, 4.69) is 6.58 Å². The molecule has 0 aliphatic carbocycles. The lowest BCUT2D eigenvalue weighted by Crippen LogP contribution is -2.13. The van der Waals surface area contributed by atoms with Gasteiger partial charge in [0.15, 0.2) is 0 Å². The summed E-state index contributed by atoms with van der Waals surface area (Å²) in [6.07, 6.45) is 1.90. The van der Waals surface area contributed by atoms with E-state index in [-0.39, 0.29) is 5.56 Å². The normalized spacial score (nSPS) is 12.5. The molecule has 0 aliphatic rings. The van der Waals surface area contributed by atoms with Crippen molar-refractivity contribution in [1.82, 2.24) is 0 Å². The molecule has 3 heteroatoms. The van der Waals surface area contributed by atoms with E-state index < -0.39 is 17.7 Å². The maximum Gasteiger partial charge on any atom is 0.130 e. The van der Waals surface area contributed by atoms with E-state index in [0.29, 0.717) is 6.42 Å². The third-order valence-electron chi connectivity index (χ3n) is 1.79. The highest BCUT2D eigenvalue weighted by molar-refractivity contribution is 5.23. The molecule has 0 heterocycles. The molecule has 1 aromatic carbocycles. The Hall–Kier alpha value is -1.22. The van der Waals surface area contributed by atoms with Crippen LogP contribution in [-0.4, -0.2) is 0 Å². The van der Waals surface area contributed by atoms with Crippen LogP contribution < -0.4 is 5.73 Å². The van der Waals surface area contributed by atoms with Gasteiger partial charge in [0.2, 0.25) is 0 Å². The van der Waals surface area contributed by atoms with Crippen molar-refractivity contribution in [2.75, 3.05) is 0 Å². The molecule has 0 fully saturated rings. The molecule has 0 saturated carbocycles. The fourth-order valence-electron chi connectivity index (χ4n) is 1.16. The van der Waals surface area contributed by atoms with Crippen LogP contribution in [0.15, 0.2) is 30.9 Å². The number of hydrogen-bond acceptors (Lipinski definition) is 1. The average Bonchev–Trinajstić information content (AvgIpc) is 2.04. The minimum absolute atomic E-state index is 0.0672. The zero-order chi connectivity index (χ0) is 9.84. The maximum absolute atomic E-state index is 13.1. The van der Waals surface area contributed by atoms with Crippen LogP contribution in [0.4, 0.5) is 8.78 Å². The van der Waals surface area contributed by atoms with E-state index in [4.69, 9.17) is 5.73 Å². The van der Waals surface area contributed by atoms with Gasteiger partial charge in [-0.15, -0.1) is 6.58 Å². The minimum atomic E-state index is -0.654. The summed E-state index contributed by atoms with van der Waals surface area (Å²) in [5.41, 5.74) is 5.49. The molecule has 0 bridgehead atoms. The standard InChI is InChI=1S/C10H11F2N/c1-2-4-9(13)10-7(11)5-3-6-8(10)12/h2-3,5-6,9H,1,4,13H2/t9-/m0/s1. The Bertz CT molecular complexity index is 290. The van der Waals surface area contributed by atoms with Crippen LogP contribution in [0.3, 0.4) is 0 Å². The number of halogens is 2. The number of hydrogen-bond donors (Lipinski definition) is 1. The van der Waals surface area contributed by atoms with Gasteiger partial charge >= 0.3 is 0 Å². The molecule has 70 valence electrons. The second-order valence-electron chi connectivity index (χ2n) is 2.77. The summed E-state index contributed by atoms with van der Waals surface area (Å²) in [5.74, 6) is -1.20. The van der Waals surface area contributed by atoms with Gasteiger partial charge in [0.25, 0.3) is 0 Å². The van der Waals surface area contributed by atoms with Gasteiger partial charge in [0.1, 0.15) is 11.6 Å². The van der Waals surface area contributed by atoms with Crippen molar-refractivity contribution in [2.45, 2.75) is 12.5 Å². The van der Waals surface area contributed by atoms with Crippen LogP contribution in [0.1, 0.15) is 18.0 Å². The van der Waals surface area contributed by atoms with Gasteiger partial charge in [-0.1, -0.05) is 12.1 Å². The van der Waals surface area contributed by atoms with Gasteiger partial charge in [-0.05, 0) is 18.6 Å². The fraction of sp³-hybridized carbons (Fsp3) is 0.200. The Morgan fingerprint density at radius 3 is 2.38 bits per heavy atom. The Kier molecular flexibility index (Phi) is 3.14. The van der Waals surface area contributed by atoms with Crippen molar-refractivity contribution in [3.63, 3.8) is 0 Å². The highest BCUT2D eigenvalue weighted by atomic mass is 19.1. The Labute approximate surface area is 75.9 Å². The molecule has 0 aliphatic heterocycles. The SMILES string of the molecule is C=CC[C@H](N)c1c(F)cccc1F. The van der Waals surface area contributed by atoms with Crippen molar-refractivity contribution < 1.29 is 8.78 Å². The fourth-order valence-corrected chi connectivity index (χ4v) is 1.16. The topological polar surface area (TPSA) is 26.0 Å². The largest absolute Gasteiger partial charge is 0.324 e. The summed E-state index contributed by atoms with van der Waals surface area (Å²) in [7, 11) is 0. The summed E-state index contributed by atoms with van der Waals surface area (Å²) in [6.45, 7) is 3.46. The third-order valence-corrected chi connectivity index (χ3v) is 1.79. The first-order valence-electron chi connectivity index (χ1n) is 3.97. The first-order valence-corrected chi connectivity index (χ1v) is 3.97. The molecular weight excluding hydrogens is 172 g/mol. The summed E-state index contributed by atoms with van der Waals surface area (Å²) >= 11 is 0. The second-order valence-corrected chi connectivity index (χ2v) is 2.77. The number of rotatable bonds is 3. The molecule has 1 aromatic rings. The molecule has 0 unspecified atom stereocenters. The highest BCUT2D eigenvalue weighted by Gasteiger charge is 2.14. The molecule has 0 amide bonds. The Balaban J connectivity index is 3.04. The summed E-state index contributed by atoms with van der Waals surface area (Å²) in [6, 6.07) is 3.05. The molecule has 2 N–H and O–H groups in total. The van der Waals surface area contributed by atoms with Crippen molar-refractivity contribution in [3.8, 4) is 0 Å². The predicted molar refractivity (Wildman–Crippen MR) is 48.1 cm³/mol. The van der Waals surface area contributed by atoms with Crippen molar-refractivity contribution in [2.24, 2.45) is 5.73 Å². The quantitative estimate of drug-likeness (QED) is 0.716. The van der Waals surface area contributed by atoms with Crippen molar-refractivity contribution >= 4 is 0 Å². The zero-order valence-electron chi connectivity index (χ0n) is 7.13. The van der Waals surface area contributed by atoms with E-state index in [1.165, 1.54) is 24.3 Å². The minimum Gasteiger partial charge on any atom is -0.324 e. The molecule has 0 saturated heterocycles. The van der Waals surface area contributed by atoms with E-state index in [9.17, 15) is 8.78 Å². The van der Waals surface area contributed by atoms with E-state index >= 15 is 0 Å². The van der Waals surface area contributed by atoms with E-state index in [0.717, 1.165) is 0 Å². The lowest BCUT2D eigenvalue weighted by molar-refractivity contribution is 0.527. The molecule has 1 nitrogen and oxygen atoms in total. The van der Waals surface area contributed by atoms with Gasteiger partial charge in [-0.3, -0.25) is 0 Å². The van der Waals surface area contributed by atoms with Gasteiger partial charge in [0.05, 0.1) is 0 Å². The van der Waals surface area contributed by atoms with Crippen LogP contribution in [0, 0.1) is 11.6 Å². The van der Waals surface area contributed by atoms with Crippen molar-refractivity contribution in [3.05, 3.63) is 48.1 Å². The van der Waals surface area contributed by atoms with Crippen LogP contribution in [0.5, 0.6) is 0 Å². The molecule has 0 radical (unpaired) electrons. The van der Waals surface area contributed by atoms with Crippen molar-refractivity contribution in [1.29, 1.82) is 0 Å².